The van der Waals surface area contributed by atoms with Crippen LogP contribution in [0, 0.1) is 10.1 Å². The predicted octanol–water partition coefficient (Wildman–Crippen LogP) is 3.06. The summed E-state index contributed by atoms with van der Waals surface area (Å²) in [6.45, 7) is -0.0747. The van der Waals surface area contributed by atoms with Crippen molar-refractivity contribution < 1.29 is 22.9 Å². The summed E-state index contributed by atoms with van der Waals surface area (Å²) in [5, 5.41) is 16.7. The first kappa shape index (κ1) is 23.7. The number of carbonyl (C=O) groups excluding carboxylic acids is 1. The Labute approximate surface area is 190 Å². The van der Waals surface area contributed by atoms with E-state index in [2.05, 4.69) is 15.4 Å². The molecule has 3 N–H and O–H groups in total. The number of nitrogens with zero attached hydrogens (tertiary/aromatic N) is 1. The molecule has 0 saturated heterocycles. The predicted molar refractivity (Wildman–Crippen MR) is 123 cm³/mol. The quantitative estimate of drug-likeness (QED) is 0.235. The largest absolute Gasteiger partial charge is 0.497 e. The van der Waals surface area contributed by atoms with E-state index >= 15 is 0 Å². The molecular formula is C22H22N4O6S. The van der Waals surface area contributed by atoms with Gasteiger partial charge in [-0.3, -0.25) is 14.9 Å². The highest BCUT2D eigenvalue weighted by Gasteiger charge is 2.17. The molecule has 0 spiro atoms. The van der Waals surface area contributed by atoms with Crippen molar-refractivity contribution >= 4 is 33.0 Å². The molecule has 0 bridgehead atoms. The van der Waals surface area contributed by atoms with Crippen molar-refractivity contribution in [1.29, 1.82) is 0 Å². The molecule has 0 fully saturated rings. The van der Waals surface area contributed by atoms with Gasteiger partial charge < -0.3 is 15.4 Å². The zero-order valence-electron chi connectivity index (χ0n) is 17.6. The van der Waals surface area contributed by atoms with Crippen molar-refractivity contribution in [2.75, 3.05) is 25.5 Å². The molecule has 0 aliphatic carbocycles. The van der Waals surface area contributed by atoms with Crippen LogP contribution in [0.15, 0.2) is 77.7 Å². The lowest BCUT2D eigenvalue weighted by Crippen LogP contribution is -2.34. The first-order valence-corrected chi connectivity index (χ1v) is 11.3. The lowest BCUT2D eigenvalue weighted by molar-refractivity contribution is -0.385. The number of nitro benzene ring substituents is 1. The summed E-state index contributed by atoms with van der Waals surface area (Å²) in [5.41, 5.74) is 1.40. The number of ether oxygens (including phenoxy) is 1. The Kier molecular flexibility index (Phi) is 7.59. The number of sulfonamides is 1. The lowest BCUT2D eigenvalue weighted by atomic mass is 10.1. The van der Waals surface area contributed by atoms with Crippen LogP contribution >= 0.6 is 0 Å². The van der Waals surface area contributed by atoms with Crippen LogP contribution in [0.1, 0.15) is 10.4 Å². The fourth-order valence-corrected chi connectivity index (χ4v) is 4.00. The molecule has 10 nitrogen and oxygen atoms in total. The standard InChI is InChI=1S/C22H22N4O6S/c1-32-18-11-9-16(10-12-18)25-21-8-3-2-7-20(21)22(27)23-13-14-24-33(30,31)19-6-4-5-17(15-19)26(28)29/h2-12,15,24-25H,13-14H2,1H3,(H,23,27). The average molecular weight is 471 g/mol. The number of benzene rings is 3. The number of anilines is 2. The Balaban J connectivity index is 1.59. The first-order chi connectivity index (χ1) is 15.8. The van der Waals surface area contributed by atoms with Gasteiger partial charge in [0.15, 0.2) is 0 Å². The summed E-state index contributed by atoms with van der Waals surface area (Å²) < 4.78 is 32.2. The highest BCUT2D eigenvalue weighted by molar-refractivity contribution is 7.89. The van der Waals surface area contributed by atoms with Gasteiger partial charge in [-0.05, 0) is 42.5 Å². The van der Waals surface area contributed by atoms with E-state index in [0.29, 0.717) is 17.0 Å². The van der Waals surface area contributed by atoms with Gasteiger partial charge in [-0.15, -0.1) is 0 Å². The molecule has 0 unspecified atom stereocenters. The number of hydrogen-bond acceptors (Lipinski definition) is 7. The minimum atomic E-state index is -3.96. The second-order valence-electron chi connectivity index (χ2n) is 6.81. The van der Waals surface area contributed by atoms with Crippen LogP contribution in [0.4, 0.5) is 17.1 Å². The molecule has 172 valence electrons. The van der Waals surface area contributed by atoms with E-state index in [1.54, 1.807) is 43.5 Å². The van der Waals surface area contributed by atoms with Crippen molar-refractivity contribution in [1.82, 2.24) is 10.0 Å². The molecule has 3 rings (SSSR count). The second-order valence-corrected chi connectivity index (χ2v) is 8.57. The lowest BCUT2D eigenvalue weighted by Gasteiger charge is -2.13. The number of non-ortho nitro benzene ring substituents is 1. The van der Waals surface area contributed by atoms with Crippen LogP contribution in [0.3, 0.4) is 0 Å². The van der Waals surface area contributed by atoms with Crippen LogP contribution in [-0.4, -0.2) is 39.4 Å². The maximum atomic E-state index is 12.6. The van der Waals surface area contributed by atoms with Crippen molar-refractivity contribution in [2.45, 2.75) is 4.90 Å². The van der Waals surface area contributed by atoms with Gasteiger partial charge in [0.25, 0.3) is 11.6 Å². The number of methoxy groups -OCH3 is 1. The van der Waals surface area contributed by atoms with Crippen LogP contribution in [0.2, 0.25) is 0 Å². The van der Waals surface area contributed by atoms with Gasteiger partial charge >= 0.3 is 0 Å². The van der Waals surface area contributed by atoms with E-state index in [1.165, 1.54) is 18.2 Å². The Hall–Kier alpha value is -3.96. The van der Waals surface area contributed by atoms with Crippen molar-refractivity contribution in [3.8, 4) is 5.75 Å². The Bertz CT molecular complexity index is 1250. The molecule has 0 saturated carbocycles. The average Bonchev–Trinajstić information content (AvgIpc) is 2.82. The van der Waals surface area contributed by atoms with Gasteiger partial charge in [-0.25, -0.2) is 13.1 Å². The first-order valence-electron chi connectivity index (χ1n) is 9.82. The smallest absolute Gasteiger partial charge is 0.270 e. The fourth-order valence-electron chi connectivity index (χ4n) is 2.92. The van der Waals surface area contributed by atoms with E-state index in [-0.39, 0.29) is 29.6 Å². The third-order valence-corrected chi connectivity index (χ3v) is 6.04. The van der Waals surface area contributed by atoms with Crippen LogP contribution in [0.5, 0.6) is 5.75 Å². The van der Waals surface area contributed by atoms with E-state index in [9.17, 15) is 23.3 Å². The number of para-hydroxylation sites is 1. The van der Waals surface area contributed by atoms with Gasteiger partial charge in [-0.1, -0.05) is 18.2 Å². The monoisotopic (exact) mass is 470 g/mol. The summed E-state index contributed by atoms with van der Waals surface area (Å²) in [6.07, 6.45) is 0. The topological polar surface area (TPSA) is 140 Å². The third kappa shape index (κ3) is 6.28. The normalized spacial score (nSPS) is 10.9. The molecule has 0 atom stereocenters. The molecule has 0 radical (unpaired) electrons. The number of rotatable bonds is 10. The Morgan fingerprint density at radius 1 is 1.00 bits per heavy atom. The van der Waals surface area contributed by atoms with Gasteiger partial charge in [0.1, 0.15) is 5.75 Å². The summed E-state index contributed by atoms with van der Waals surface area (Å²) >= 11 is 0. The summed E-state index contributed by atoms with van der Waals surface area (Å²) in [5.74, 6) is 0.320. The molecule has 0 aromatic heterocycles. The zero-order chi connectivity index (χ0) is 23.8. The molecule has 33 heavy (non-hydrogen) atoms. The number of nitro groups is 1. The highest BCUT2D eigenvalue weighted by atomic mass is 32.2. The number of nitrogens with one attached hydrogen (secondary N) is 3. The van der Waals surface area contributed by atoms with Gasteiger partial charge in [-0.2, -0.15) is 0 Å². The molecule has 3 aromatic rings. The molecule has 0 aliphatic heterocycles. The molecule has 0 aliphatic rings. The number of carbonyl (C=O) groups is 1. The molecular weight excluding hydrogens is 448 g/mol. The summed E-state index contributed by atoms with van der Waals surface area (Å²) in [6, 6.07) is 18.9. The van der Waals surface area contributed by atoms with Gasteiger partial charge in [0.05, 0.1) is 28.2 Å². The fraction of sp³-hybridized carbons (Fsp3) is 0.136. The van der Waals surface area contributed by atoms with Crippen LogP contribution in [0.25, 0.3) is 0 Å². The molecule has 0 heterocycles. The summed E-state index contributed by atoms with van der Waals surface area (Å²) in [7, 11) is -2.39. The molecule has 3 aromatic carbocycles. The zero-order valence-corrected chi connectivity index (χ0v) is 18.5. The summed E-state index contributed by atoms with van der Waals surface area (Å²) in [4.78, 5) is 22.6. The molecule has 11 heteroatoms. The van der Waals surface area contributed by atoms with E-state index in [4.69, 9.17) is 4.74 Å². The Morgan fingerprint density at radius 2 is 1.73 bits per heavy atom. The van der Waals surface area contributed by atoms with E-state index in [1.807, 2.05) is 12.1 Å². The van der Waals surface area contributed by atoms with Gasteiger partial charge in [0, 0.05) is 30.9 Å². The van der Waals surface area contributed by atoms with E-state index in [0.717, 1.165) is 11.8 Å². The molecule has 1 amide bonds. The maximum Gasteiger partial charge on any atom is 0.270 e. The van der Waals surface area contributed by atoms with Crippen molar-refractivity contribution in [2.24, 2.45) is 0 Å². The third-order valence-electron chi connectivity index (χ3n) is 4.58. The van der Waals surface area contributed by atoms with Gasteiger partial charge in [0.2, 0.25) is 10.0 Å². The minimum Gasteiger partial charge on any atom is -0.497 e. The number of hydrogen-bond donors (Lipinski definition) is 3. The number of amides is 1. The van der Waals surface area contributed by atoms with Crippen LogP contribution < -0.4 is 20.1 Å². The highest BCUT2D eigenvalue weighted by Crippen LogP contribution is 2.23. The van der Waals surface area contributed by atoms with Crippen molar-refractivity contribution in [3.05, 3.63) is 88.5 Å². The Morgan fingerprint density at radius 3 is 2.42 bits per heavy atom. The van der Waals surface area contributed by atoms with Crippen LogP contribution in [-0.2, 0) is 10.0 Å². The van der Waals surface area contributed by atoms with Crippen molar-refractivity contribution in [3.63, 3.8) is 0 Å². The second kappa shape index (κ2) is 10.6. The SMILES string of the molecule is COc1ccc(Nc2ccccc2C(=O)NCCNS(=O)(=O)c2cccc([N+](=O)[O-])c2)cc1. The van der Waals surface area contributed by atoms with E-state index < -0.39 is 14.9 Å². The minimum absolute atomic E-state index is 0.0177. The maximum absolute atomic E-state index is 12.6.